The molecule has 15 heteroatoms. The summed E-state index contributed by atoms with van der Waals surface area (Å²) < 4.78 is 45.0. The van der Waals surface area contributed by atoms with Crippen molar-refractivity contribution in [1.82, 2.24) is 15.3 Å². The second-order valence-corrected chi connectivity index (χ2v) is 12.2. The Morgan fingerprint density at radius 2 is 1.47 bits per heavy atom. The first-order valence-corrected chi connectivity index (χ1v) is 15.5. The van der Waals surface area contributed by atoms with Crippen molar-refractivity contribution in [3.63, 3.8) is 0 Å². The zero-order valence-corrected chi connectivity index (χ0v) is 28.1. The maximum Gasteiger partial charge on any atom is 0.416 e. The summed E-state index contributed by atoms with van der Waals surface area (Å²) in [6.07, 6.45) is -0.798. The summed E-state index contributed by atoms with van der Waals surface area (Å²) in [4.78, 5) is 59.1. The van der Waals surface area contributed by atoms with Crippen LogP contribution in [0.25, 0.3) is 0 Å². The molecule has 266 valence electrons. The minimum Gasteiger partial charge on any atom is -0.373 e. The van der Waals surface area contributed by atoms with Gasteiger partial charge in [0.1, 0.15) is 6.04 Å². The Bertz CT molecular complexity index is 1930. The van der Waals surface area contributed by atoms with Gasteiger partial charge in [0.2, 0.25) is 17.8 Å². The van der Waals surface area contributed by atoms with E-state index in [0.717, 1.165) is 24.3 Å². The zero-order valence-electron chi connectivity index (χ0n) is 28.1. The molecule has 1 aromatic heterocycles. The fraction of sp³-hybridized carbons (Fsp3) is 0.222. The quantitative estimate of drug-likeness (QED) is 0.105. The van der Waals surface area contributed by atoms with Gasteiger partial charge in [-0.2, -0.15) is 13.2 Å². The molecule has 4 aromatic rings. The number of anilines is 5. The van der Waals surface area contributed by atoms with Gasteiger partial charge >= 0.3 is 6.18 Å². The molecule has 1 unspecified atom stereocenters. The fourth-order valence-corrected chi connectivity index (χ4v) is 4.42. The predicted octanol–water partition coefficient (Wildman–Crippen LogP) is 6.48. The van der Waals surface area contributed by atoms with Crippen molar-refractivity contribution < 1.29 is 37.1 Å². The molecule has 0 aliphatic heterocycles. The van der Waals surface area contributed by atoms with E-state index in [2.05, 4.69) is 43.1 Å². The smallest absolute Gasteiger partial charge is 0.373 e. The van der Waals surface area contributed by atoms with E-state index in [-0.39, 0.29) is 35.1 Å². The second kappa shape index (κ2) is 16.1. The minimum absolute atomic E-state index is 0.0611. The van der Waals surface area contributed by atoms with Crippen LogP contribution in [0.5, 0.6) is 0 Å². The highest BCUT2D eigenvalue weighted by Crippen LogP contribution is 2.30. The van der Waals surface area contributed by atoms with Crippen molar-refractivity contribution in [1.29, 1.82) is 0 Å². The molecule has 0 saturated heterocycles. The van der Waals surface area contributed by atoms with Crippen LogP contribution in [0.3, 0.4) is 0 Å². The molecule has 12 nitrogen and oxygen atoms in total. The van der Waals surface area contributed by atoms with Gasteiger partial charge in [-0.1, -0.05) is 24.8 Å². The van der Waals surface area contributed by atoms with Crippen LogP contribution in [0.15, 0.2) is 91.8 Å². The zero-order chi connectivity index (χ0) is 37.3. The Morgan fingerprint density at radius 3 is 2.14 bits per heavy atom. The number of aromatic nitrogens is 2. The highest BCUT2D eigenvalue weighted by Gasteiger charge is 2.31. The molecule has 4 rings (SSSR count). The fourth-order valence-electron chi connectivity index (χ4n) is 4.42. The number of hydrogen-bond donors (Lipinski definition) is 5. The molecule has 0 bridgehead atoms. The first kappa shape index (κ1) is 37.7. The van der Waals surface area contributed by atoms with E-state index in [1.807, 2.05) is 20.8 Å². The number of ether oxygens (including phenoxy) is 1. The molecule has 4 amide bonds. The first-order chi connectivity index (χ1) is 24.0. The van der Waals surface area contributed by atoms with Gasteiger partial charge in [0.25, 0.3) is 11.8 Å². The molecule has 0 saturated carbocycles. The maximum absolute atomic E-state index is 13.1. The van der Waals surface area contributed by atoms with Crippen molar-refractivity contribution in [2.24, 2.45) is 0 Å². The van der Waals surface area contributed by atoms with Crippen molar-refractivity contribution in [3.8, 4) is 0 Å². The number of rotatable bonds is 12. The van der Waals surface area contributed by atoms with Gasteiger partial charge in [-0.3, -0.25) is 19.2 Å². The molecule has 0 aliphatic carbocycles. The number of nitrogens with one attached hydrogen (secondary N) is 5. The number of aryl methyl sites for hydroxylation is 1. The van der Waals surface area contributed by atoms with E-state index < -0.39 is 47.0 Å². The van der Waals surface area contributed by atoms with Crippen LogP contribution in [0.1, 0.15) is 52.6 Å². The highest BCUT2D eigenvalue weighted by atomic mass is 19.4. The predicted molar refractivity (Wildman–Crippen MR) is 187 cm³/mol. The number of benzene rings is 3. The van der Waals surface area contributed by atoms with Gasteiger partial charge in [-0.05, 0) is 87.9 Å². The highest BCUT2D eigenvalue weighted by molar-refractivity contribution is 6.08. The average molecular weight is 704 g/mol. The Labute approximate surface area is 291 Å². The van der Waals surface area contributed by atoms with Crippen LogP contribution in [0.4, 0.5) is 41.9 Å². The van der Waals surface area contributed by atoms with Gasteiger partial charge in [-0.25, -0.2) is 9.97 Å². The van der Waals surface area contributed by atoms with E-state index in [1.54, 1.807) is 37.3 Å². The molecule has 1 heterocycles. The first-order valence-electron chi connectivity index (χ1n) is 15.5. The van der Waals surface area contributed by atoms with Crippen molar-refractivity contribution >= 4 is 52.3 Å². The number of carbonyl (C=O) groups excluding carboxylic acids is 4. The molecular formula is C36H36F3N7O5. The van der Waals surface area contributed by atoms with E-state index in [0.29, 0.717) is 16.9 Å². The molecular weight excluding hydrogens is 667 g/mol. The van der Waals surface area contributed by atoms with Crippen LogP contribution in [0, 0.1) is 6.92 Å². The molecule has 5 N–H and O–H groups in total. The van der Waals surface area contributed by atoms with Crippen molar-refractivity contribution in [2.75, 3.05) is 27.9 Å². The summed E-state index contributed by atoms with van der Waals surface area (Å²) >= 11 is 0. The molecule has 0 radical (unpaired) electrons. The summed E-state index contributed by atoms with van der Waals surface area (Å²) in [5, 5.41) is 13.5. The lowest BCUT2D eigenvalue weighted by Gasteiger charge is -2.24. The Hall–Kier alpha value is -6.09. The Morgan fingerprint density at radius 1 is 0.824 bits per heavy atom. The average Bonchev–Trinajstić information content (AvgIpc) is 3.07. The lowest BCUT2D eigenvalue weighted by atomic mass is 10.1. The summed E-state index contributed by atoms with van der Waals surface area (Å²) in [6, 6.07) is 14.3. The molecule has 0 fully saturated rings. The van der Waals surface area contributed by atoms with E-state index in [1.165, 1.54) is 30.6 Å². The monoisotopic (exact) mass is 703 g/mol. The van der Waals surface area contributed by atoms with Gasteiger partial charge in [0.05, 0.1) is 35.9 Å². The van der Waals surface area contributed by atoms with Gasteiger partial charge < -0.3 is 31.3 Å². The number of halogens is 3. The number of nitrogens with zero attached hydrogens (tertiary/aromatic N) is 2. The standard InChI is InChI=1S/C36H36F3N7O5/c1-6-30(47)46-29(20-51-35(3,4)5)33(50)43-24-11-8-12-25(16-24)45-34-40-18-27(19-41-34)44-32(49)28-17-26(14-13-21(28)2)42-31(48)22-9-7-10-23(15-22)36(37,38)39/h6-19,29H,1,20H2,2-5H3,(H,42,48)(H,43,50)(H,44,49)(H,46,47)(H,40,41,45). The Balaban J connectivity index is 1.38. The van der Waals surface area contributed by atoms with Crippen molar-refractivity contribution in [3.05, 3.63) is 114 Å². The summed E-state index contributed by atoms with van der Waals surface area (Å²) in [5.74, 6) is -2.15. The number of alkyl halides is 3. The molecule has 3 aromatic carbocycles. The van der Waals surface area contributed by atoms with E-state index in [9.17, 15) is 32.3 Å². The summed E-state index contributed by atoms with van der Waals surface area (Å²) in [6.45, 7) is 10.5. The molecule has 0 spiro atoms. The molecule has 1 atom stereocenters. The Kier molecular flexibility index (Phi) is 11.9. The largest absolute Gasteiger partial charge is 0.416 e. The van der Waals surface area contributed by atoms with E-state index in [4.69, 9.17) is 4.74 Å². The minimum atomic E-state index is -4.60. The number of carbonyl (C=O) groups is 4. The van der Waals surface area contributed by atoms with Gasteiger partial charge in [0, 0.05) is 28.2 Å². The summed E-state index contributed by atoms with van der Waals surface area (Å²) in [7, 11) is 0. The number of amides is 4. The third-order valence-corrected chi connectivity index (χ3v) is 6.99. The SMILES string of the molecule is C=CC(=O)NC(COC(C)(C)C)C(=O)Nc1cccc(Nc2ncc(NC(=O)c3cc(NC(=O)c4cccc(C(F)(F)F)c4)ccc3C)cn2)c1. The number of hydrogen-bond acceptors (Lipinski definition) is 8. The topological polar surface area (TPSA) is 163 Å². The van der Waals surface area contributed by atoms with Crippen LogP contribution < -0.4 is 26.6 Å². The molecule has 51 heavy (non-hydrogen) atoms. The normalized spacial score (nSPS) is 11.9. The van der Waals surface area contributed by atoms with E-state index >= 15 is 0 Å². The van der Waals surface area contributed by atoms with Crippen LogP contribution in [-0.2, 0) is 20.5 Å². The maximum atomic E-state index is 13.1. The third-order valence-electron chi connectivity index (χ3n) is 6.99. The van der Waals surface area contributed by atoms with Crippen LogP contribution in [0.2, 0.25) is 0 Å². The lowest BCUT2D eigenvalue weighted by molar-refractivity contribution is -0.137. The van der Waals surface area contributed by atoms with Crippen molar-refractivity contribution in [2.45, 2.75) is 45.5 Å². The third kappa shape index (κ3) is 11.2. The van der Waals surface area contributed by atoms with Gasteiger partial charge in [-0.15, -0.1) is 0 Å². The van der Waals surface area contributed by atoms with Crippen LogP contribution in [-0.4, -0.2) is 51.8 Å². The van der Waals surface area contributed by atoms with Gasteiger partial charge in [0.15, 0.2) is 0 Å². The van der Waals surface area contributed by atoms with Crippen LogP contribution >= 0.6 is 0 Å². The molecule has 0 aliphatic rings. The lowest BCUT2D eigenvalue weighted by Crippen LogP contribution is -2.47. The summed E-state index contributed by atoms with van der Waals surface area (Å²) in [5.41, 5.74) is 0.511. The second-order valence-electron chi connectivity index (χ2n) is 12.2.